The van der Waals surface area contributed by atoms with Crippen LogP contribution < -0.4 is 29.6 Å². The van der Waals surface area contributed by atoms with Gasteiger partial charge in [-0.3, -0.25) is 4.21 Å². The van der Waals surface area contributed by atoms with Gasteiger partial charge in [0.15, 0.2) is 0 Å². The molecule has 1 atom stereocenters. The van der Waals surface area contributed by atoms with Crippen LogP contribution in [0.15, 0.2) is 29.2 Å². The molecule has 0 aliphatic heterocycles. The molecule has 4 nitrogen and oxygen atoms in total. The summed E-state index contributed by atoms with van der Waals surface area (Å²) in [4.78, 5) is 0.339. The first-order chi connectivity index (χ1) is 4.70. The molecule has 0 heterocycles. The van der Waals surface area contributed by atoms with Crippen molar-refractivity contribution in [3.63, 3.8) is 0 Å². The van der Waals surface area contributed by atoms with E-state index in [0.29, 0.717) is 4.90 Å². The number of hydrogen-bond acceptors (Lipinski definition) is 2. The van der Waals surface area contributed by atoms with E-state index in [4.69, 9.17) is 0 Å². The monoisotopic (exact) mass is 214 g/mol. The van der Waals surface area contributed by atoms with Crippen LogP contribution in [0.5, 0.6) is 0 Å². The number of benzene rings is 1. The van der Waals surface area contributed by atoms with E-state index in [9.17, 15) is 8.76 Å². The zero-order valence-corrected chi connectivity index (χ0v) is 10.4. The van der Waals surface area contributed by atoms with Crippen molar-refractivity contribution in [1.29, 1.82) is 0 Å². The fourth-order valence-electron chi connectivity index (χ4n) is 0.649. The topological polar surface area (TPSA) is 103 Å². The van der Waals surface area contributed by atoms with Crippen molar-refractivity contribution in [3.05, 3.63) is 29.8 Å². The Morgan fingerprint density at radius 3 is 1.85 bits per heavy atom. The van der Waals surface area contributed by atoms with E-state index in [1.54, 1.807) is 24.3 Å². The summed E-state index contributed by atoms with van der Waals surface area (Å²) < 4.78 is 20.6. The molecular formula is C7H11NaO4S. The second-order valence-electron chi connectivity index (χ2n) is 2.05. The van der Waals surface area contributed by atoms with Gasteiger partial charge in [0.2, 0.25) is 0 Å². The van der Waals surface area contributed by atoms with Crippen molar-refractivity contribution in [2.75, 3.05) is 0 Å². The van der Waals surface area contributed by atoms with Gasteiger partial charge in [-0.15, -0.1) is 0 Å². The molecule has 1 aromatic carbocycles. The molecule has 6 heteroatoms. The second kappa shape index (κ2) is 8.83. The third-order valence-electron chi connectivity index (χ3n) is 1.21. The molecule has 0 bridgehead atoms. The van der Waals surface area contributed by atoms with Crippen LogP contribution in [-0.2, 0) is 11.1 Å². The van der Waals surface area contributed by atoms with Gasteiger partial charge in [0.1, 0.15) is 0 Å². The van der Waals surface area contributed by atoms with Crippen LogP contribution in [0.2, 0.25) is 0 Å². The summed E-state index contributed by atoms with van der Waals surface area (Å²) in [6.45, 7) is 1.91. The molecule has 4 N–H and O–H groups in total. The average Bonchev–Trinajstić information content (AvgIpc) is 1.88. The molecule has 1 unspecified atom stereocenters. The average molecular weight is 214 g/mol. The first-order valence-corrected chi connectivity index (χ1v) is 3.93. The minimum Gasteiger partial charge on any atom is -0.768 e. The second-order valence-corrected chi connectivity index (χ2v) is 2.99. The molecule has 0 aromatic heterocycles. The van der Waals surface area contributed by atoms with E-state index < -0.39 is 11.1 Å². The predicted molar refractivity (Wildman–Crippen MR) is 45.6 cm³/mol. The van der Waals surface area contributed by atoms with Crippen molar-refractivity contribution < 1.29 is 49.3 Å². The zero-order chi connectivity index (χ0) is 7.56. The molecule has 0 fully saturated rings. The van der Waals surface area contributed by atoms with Crippen LogP contribution in [0.1, 0.15) is 5.56 Å². The van der Waals surface area contributed by atoms with Gasteiger partial charge in [0.05, 0.1) is 0 Å². The summed E-state index contributed by atoms with van der Waals surface area (Å²) in [7, 11) is 0. The first kappa shape index (κ1) is 18.9. The predicted octanol–water partition coefficient (Wildman–Crippen LogP) is -3.41. The Kier molecular flexibility index (Phi) is 12.9. The minimum atomic E-state index is -2.09. The Bertz CT molecular complexity index is 249. The van der Waals surface area contributed by atoms with Gasteiger partial charge in [-0.05, 0) is 30.1 Å². The summed E-state index contributed by atoms with van der Waals surface area (Å²) in [5, 5.41) is 0. The molecule has 0 aliphatic carbocycles. The van der Waals surface area contributed by atoms with Crippen LogP contribution in [0.3, 0.4) is 0 Å². The SMILES string of the molecule is Cc1ccc(S(=O)[O-])cc1.O.O.[Na+]. The minimum absolute atomic E-state index is 0. The Morgan fingerprint density at radius 1 is 1.15 bits per heavy atom. The van der Waals surface area contributed by atoms with Gasteiger partial charge in [-0.2, -0.15) is 0 Å². The maximum Gasteiger partial charge on any atom is 1.00 e. The van der Waals surface area contributed by atoms with E-state index >= 15 is 0 Å². The van der Waals surface area contributed by atoms with Gasteiger partial charge in [-0.1, -0.05) is 17.7 Å². The normalized spacial score (nSPS) is 10.0. The summed E-state index contributed by atoms with van der Waals surface area (Å²) in [5.41, 5.74) is 1.06. The maximum absolute atomic E-state index is 10.3. The van der Waals surface area contributed by atoms with Gasteiger partial charge in [0.25, 0.3) is 0 Å². The van der Waals surface area contributed by atoms with Crippen LogP contribution in [0.4, 0.5) is 0 Å². The van der Waals surface area contributed by atoms with Crippen LogP contribution in [0.25, 0.3) is 0 Å². The summed E-state index contributed by atoms with van der Waals surface area (Å²) >= 11 is -2.09. The van der Waals surface area contributed by atoms with Crippen molar-refractivity contribution >= 4 is 11.1 Å². The number of aryl methyl sites for hydroxylation is 1. The van der Waals surface area contributed by atoms with Gasteiger partial charge in [-0.25, -0.2) is 0 Å². The molecule has 1 aromatic rings. The molecular weight excluding hydrogens is 203 g/mol. The molecule has 1 rings (SSSR count). The van der Waals surface area contributed by atoms with E-state index in [-0.39, 0.29) is 40.5 Å². The molecule has 13 heavy (non-hydrogen) atoms. The molecule has 0 saturated carbocycles. The van der Waals surface area contributed by atoms with Crippen molar-refractivity contribution in [2.24, 2.45) is 0 Å². The van der Waals surface area contributed by atoms with Crippen LogP contribution in [-0.4, -0.2) is 19.7 Å². The van der Waals surface area contributed by atoms with Gasteiger partial charge < -0.3 is 15.5 Å². The molecule has 0 spiro atoms. The Morgan fingerprint density at radius 2 is 1.54 bits per heavy atom. The van der Waals surface area contributed by atoms with E-state index in [1.165, 1.54) is 0 Å². The van der Waals surface area contributed by atoms with Crippen molar-refractivity contribution in [3.8, 4) is 0 Å². The van der Waals surface area contributed by atoms with E-state index in [0.717, 1.165) is 5.56 Å². The maximum atomic E-state index is 10.3. The van der Waals surface area contributed by atoms with Gasteiger partial charge >= 0.3 is 29.6 Å². The summed E-state index contributed by atoms with van der Waals surface area (Å²) in [5.74, 6) is 0. The van der Waals surface area contributed by atoms with Crippen molar-refractivity contribution in [2.45, 2.75) is 11.8 Å². The smallest absolute Gasteiger partial charge is 0.768 e. The quantitative estimate of drug-likeness (QED) is 0.359. The molecule has 0 aliphatic rings. The van der Waals surface area contributed by atoms with Crippen LogP contribution >= 0.6 is 0 Å². The van der Waals surface area contributed by atoms with Crippen molar-refractivity contribution in [1.82, 2.24) is 0 Å². The summed E-state index contributed by atoms with van der Waals surface area (Å²) in [6, 6.07) is 6.70. The van der Waals surface area contributed by atoms with E-state index in [2.05, 4.69) is 0 Å². The fraction of sp³-hybridized carbons (Fsp3) is 0.143. The summed E-state index contributed by atoms with van der Waals surface area (Å²) in [6.07, 6.45) is 0. The van der Waals surface area contributed by atoms with Gasteiger partial charge in [0, 0.05) is 4.90 Å². The standard InChI is InChI=1S/C7H8O2S.Na.2H2O/c1-6-2-4-7(5-3-6)10(8)9;;;/h2-5H,1H3,(H,8,9);;2*1H2/q;+1;;/p-1. The molecule has 0 amide bonds. The Balaban J connectivity index is -0.000000333. The van der Waals surface area contributed by atoms with Crippen LogP contribution in [0, 0.1) is 6.92 Å². The Labute approximate surface area is 102 Å². The Hall–Kier alpha value is 0.250. The number of rotatable bonds is 1. The third-order valence-corrected chi connectivity index (χ3v) is 1.87. The number of hydrogen-bond donors (Lipinski definition) is 0. The fourth-order valence-corrected chi connectivity index (χ4v) is 1.01. The van der Waals surface area contributed by atoms with E-state index in [1.807, 2.05) is 6.92 Å². The zero-order valence-electron chi connectivity index (χ0n) is 7.53. The molecule has 0 radical (unpaired) electrons. The first-order valence-electron chi connectivity index (χ1n) is 2.86. The molecule has 70 valence electrons. The largest absolute Gasteiger partial charge is 1.00 e. The molecule has 0 saturated heterocycles. The third kappa shape index (κ3) is 6.34.